The van der Waals surface area contributed by atoms with Gasteiger partial charge in [-0.3, -0.25) is 0 Å². The number of benzene rings is 8. The molecule has 0 saturated heterocycles. The summed E-state index contributed by atoms with van der Waals surface area (Å²) < 4.78 is 6.53. The molecule has 0 atom stereocenters. The minimum atomic E-state index is 0.680. The van der Waals surface area contributed by atoms with Gasteiger partial charge in [0.25, 0.3) is 0 Å². The molecule has 10 rings (SSSR count). The summed E-state index contributed by atoms with van der Waals surface area (Å²) in [6.07, 6.45) is 0. The van der Waals surface area contributed by atoms with E-state index >= 15 is 0 Å². The maximum absolute atomic E-state index is 6.53. The zero-order valence-corrected chi connectivity index (χ0v) is 28.8. The van der Waals surface area contributed by atoms with Crippen LogP contribution in [0.15, 0.2) is 199 Å². The van der Waals surface area contributed by atoms with Crippen molar-refractivity contribution < 1.29 is 4.42 Å². The lowest BCUT2D eigenvalue weighted by atomic mass is 9.93. The Morgan fingerprint density at radius 1 is 0.321 bits per heavy atom. The largest absolute Gasteiger partial charge is 0.455 e. The van der Waals surface area contributed by atoms with E-state index in [1.807, 2.05) is 30.3 Å². The molecule has 3 nitrogen and oxygen atoms in total. The van der Waals surface area contributed by atoms with Crippen LogP contribution in [-0.4, -0.2) is 9.97 Å². The fraction of sp³-hybridized carbons (Fsp3) is 0. The average Bonchev–Trinajstić information content (AvgIpc) is 3.63. The first kappa shape index (κ1) is 30.7. The van der Waals surface area contributed by atoms with E-state index in [1.165, 1.54) is 16.3 Å². The third-order valence-corrected chi connectivity index (χ3v) is 10.1. The monoisotopic (exact) mass is 676 g/mol. The third-order valence-electron chi connectivity index (χ3n) is 10.1. The molecule has 0 saturated carbocycles. The maximum atomic E-state index is 6.53. The normalized spacial score (nSPS) is 11.4. The van der Waals surface area contributed by atoms with Crippen molar-refractivity contribution in [1.29, 1.82) is 0 Å². The predicted molar refractivity (Wildman–Crippen MR) is 219 cm³/mol. The summed E-state index contributed by atoms with van der Waals surface area (Å²) in [4.78, 5) is 10.4. The Morgan fingerprint density at radius 3 is 1.72 bits per heavy atom. The topological polar surface area (TPSA) is 38.9 Å². The second kappa shape index (κ2) is 12.9. The van der Waals surface area contributed by atoms with E-state index in [2.05, 4.69) is 164 Å². The van der Waals surface area contributed by atoms with Crippen molar-refractivity contribution in [1.82, 2.24) is 9.97 Å². The van der Waals surface area contributed by atoms with Gasteiger partial charge in [0, 0.05) is 33.0 Å². The van der Waals surface area contributed by atoms with Gasteiger partial charge in [-0.25, -0.2) is 9.97 Å². The molecule has 0 aliphatic carbocycles. The van der Waals surface area contributed by atoms with Crippen molar-refractivity contribution in [3.63, 3.8) is 0 Å². The van der Waals surface area contributed by atoms with Gasteiger partial charge in [-0.2, -0.15) is 0 Å². The van der Waals surface area contributed by atoms with Gasteiger partial charge in [-0.05, 0) is 75.0 Å². The maximum Gasteiger partial charge on any atom is 0.160 e. The summed E-state index contributed by atoms with van der Waals surface area (Å²) in [6, 6.07) is 68.0. The first-order valence-electron chi connectivity index (χ1n) is 17.9. The minimum Gasteiger partial charge on any atom is -0.455 e. The zero-order valence-electron chi connectivity index (χ0n) is 28.8. The van der Waals surface area contributed by atoms with Crippen molar-refractivity contribution in [3.05, 3.63) is 194 Å². The Balaban J connectivity index is 1.18. The Labute approximate surface area is 307 Å². The smallest absolute Gasteiger partial charge is 0.160 e. The van der Waals surface area contributed by atoms with E-state index in [0.717, 1.165) is 77.8 Å². The second-order valence-corrected chi connectivity index (χ2v) is 13.4. The van der Waals surface area contributed by atoms with Crippen LogP contribution in [0.1, 0.15) is 0 Å². The Bertz CT molecular complexity index is 2940. The number of para-hydroxylation sites is 2. The van der Waals surface area contributed by atoms with Crippen molar-refractivity contribution >= 4 is 32.7 Å². The molecule has 0 unspecified atom stereocenters. The van der Waals surface area contributed by atoms with Gasteiger partial charge in [-0.1, -0.05) is 158 Å². The molecule has 0 aliphatic rings. The van der Waals surface area contributed by atoms with Gasteiger partial charge in [0.1, 0.15) is 11.2 Å². The van der Waals surface area contributed by atoms with Gasteiger partial charge < -0.3 is 4.42 Å². The predicted octanol–water partition coefficient (Wildman–Crippen LogP) is 13.5. The van der Waals surface area contributed by atoms with Crippen molar-refractivity contribution in [2.24, 2.45) is 0 Å². The molecular formula is C50H32N2O. The highest BCUT2D eigenvalue weighted by Gasteiger charge is 2.17. The molecule has 0 radical (unpaired) electrons. The Morgan fingerprint density at radius 2 is 0.868 bits per heavy atom. The van der Waals surface area contributed by atoms with Crippen molar-refractivity contribution in [3.8, 4) is 67.3 Å². The van der Waals surface area contributed by atoms with Crippen molar-refractivity contribution in [2.45, 2.75) is 0 Å². The molecule has 2 heterocycles. The van der Waals surface area contributed by atoms with Crippen LogP contribution in [0.2, 0.25) is 0 Å². The molecular weight excluding hydrogens is 645 g/mol. The number of rotatable bonds is 6. The van der Waals surface area contributed by atoms with Gasteiger partial charge in [0.15, 0.2) is 5.82 Å². The van der Waals surface area contributed by atoms with Gasteiger partial charge >= 0.3 is 0 Å². The molecule has 0 bridgehead atoms. The van der Waals surface area contributed by atoms with Gasteiger partial charge in [0.2, 0.25) is 0 Å². The van der Waals surface area contributed by atoms with E-state index in [4.69, 9.17) is 14.4 Å². The summed E-state index contributed by atoms with van der Waals surface area (Å²) in [5, 5.41) is 4.66. The fourth-order valence-corrected chi connectivity index (χ4v) is 7.49. The van der Waals surface area contributed by atoms with E-state index in [1.54, 1.807) is 0 Å². The molecule has 0 amide bonds. The summed E-state index contributed by atoms with van der Waals surface area (Å²) in [5.74, 6) is 0.680. The van der Waals surface area contributed by atoms with E-state index in [-0.39, 0.29) is 0 Å². The number of aromatic nitrogens is 2. The van der Waals surface area contributed by atoms with Crippen LogP contribution in [0.25, 0.3) is 100.0 Å². The summed E-state index contributed by atoms with van der Waals surface area (Å²) in [5.41, 5.74) is 13.1. The SMILES string of the molecule is c1ccc(-c2cc(-c3cc(-c4cccc(-c5cccc6ccccc56)c4)nc(-c4ccccc4)n3)cc(-c3cccc4c3oc3ccccc34)c2)cc1. The van der Waals surface area contributed by atoms with E-state index < -0.39 is 0 Å². The lowest BCUT2D eigenvalue weighted by Crippen LogP contribution is -1.97. The van der Waals surface area contributed by atoms with Crippen LogP contribution >= 0.6 is 0 Å². The molecule has 3 heteroatoms. The first-order valence-corrected chi connectivity index (χ1v) is 17.9. The fourth-order valence-electron chi connectivity index (χ4n) is 7.49. The number of hydrogen-bond donors (Lipinski definition) is 0. The molecule has 0 fully saturated rings. The number of fused-ring (bicyclic) bond motifs is 4. The molecule has 10 aromatic rings. The molecule has 53 heavy (non-hydrogen) atoms. The summed E-state index contributed by atoms with van der Waals surface area (Å²) >= 11 is 0. The quantitative estimate of drug-likeness (QED) is 0.176. The Kier molecular flexibility index (Phi) is 7.47. The van der Waals surface area contributed by atoms with Crippen LogP contribution in [0.5, 0.6) is 0 Å². The highest BCUT2D eigenvalue weighted by atomic mass is 16.3. The summed E-state index contributed by atoms with van der Waals surface area (Å²) in [7, 11) is 0. The van der Waals surface area contributed by atoms with Crippen LogP contribution < -0.4 is 0 Å². The Hall–Kier alpha value is -7.10. The molecule has 0 N–H and O–H groups in total. The lowest BCUT2D eigenvalue weighted by molar-refractivity contribution is 0.670. The number of nitrogens with zero attached hydrogens (tertiary/aromatic N) is 2. The summed E-state index contributed by atoms with van der Waals surface area (Å²) in [6.45, 7) is 0. The zero-order chi connectivity index (χ0) is 35.1. The molecule has 0 aliphatic heterocycles. The van der Waals surface area contributed by atoms with Crippen LogP contribution in [0, 0.1) is 0 Å². The standard InChI is InChI=1S/C50H32N2O/c1-3-14-33(15-4-1)38-29-39(43-25-13-26-45-44-23-9-10-27-48(44)53-49(43)45)31-40(30-38)47-32-46(51-50(52-47)35-17-5-2-6-18-35)37-21-11-20-36(28-37)42-24-12-19-34-16-7-8-22-41(34)42/h1-32H. The lowest BCUT2D eigenvalue weighted by Gasteiger charge is -2.14. The average molecular weight is 677 g/mol. The van der Waals surface area contributed by atoms with E-state index in [9.17, 15) is 0 Å². The first-order chi connectivity index (χ1) is 26.2. The van der Waals surface area contributed by atoms with Crippen molar-refractivity contribution in [2.75, 3.05) is 0 Å². The third kappa shape index (κ3) is 5.65. The molecule has 248 valence electrons. The number of hydrogen-bond acceptors (Lipinski definition) is 3. The van der Waals surface area contributed by atoms with Crippen LogP contribution in [-0.2, 0) is 0 Å². The molecule has 8 aromatic carbocycles. The van der Waals surface area contributed by atoms with Crippen LogP contribution in [0.3, 0.4) is 0 Å². The van der Waals surface area contributed by atoms with Gasteiger partial charge in [0.05, 0.1) is 11.4 Å². The second-order valence-electron chi connectivity index (χ2n) is 13.4. The van der Waals surface area contributed by atoms with Gasteiger partial charge in [-0.15, -0.1) is 0 Å². The number of furan rings is 1. The highest BCUT2D eigenvalue weighted by molar-refractivity contribution is 6.10. The minimum absolute atomic E-state index is 0.680. The molecule has 2 aromatic heterocycles. The van der Waals surface area contributed by atoms with E-state index in [0.29, 0.717) is 5.82 Å². The highest BCUT2D eigenvalue weighted by Crippen LogP contribution is 2.40. The molecule has 0 spiro atoms. The van der Waals surface area contributed by atoms with Crippen LogP contribution in [0.4, 0.5) is 0 Å².